The molecule has 0 saturated carbocycles. The van der Waals surface area contributed by atoms with Crippen LogP contribution in [-0.4, -0.2) is 37.1 Å². The number of sulfonamides is 1. The van der Waals surface area contributed by atoms with Crippen LogP contribution >= 0.6 is 0 Å². The van der Waals surface area contributed by atoms with E-state index < -0.39 is 22.5 Å². The van der Waals surface area contributed by atoms with Crippen LogP contribution in [0.25, 0.3) is 11.0 Å². The van der Waals surface area contributed by atoms with Gasteiger partial charge in [0.25, 0.3) is 10.0 Å². The standard InChI is InChI=1S/C18H20N4O5S/c1-20-15-9-8-14(10-16(15)21(2)18(20)24)28(25,26)22(11-17(19)23)12-4-6-13(27-3)7-5-12/h4-10H,11H2,1-3H3,(H2,19,23). The number of imidazole rings is 1. The third-order valence-electron chi connectivity index (χ3n) is 4.49. The van der Waals surface area contributed by atoms with Gasteiger partial charge in [0.2, 0.25) is 5.91 Å². The molecule has 2 aromatic carbocycles. The Morgan fingerprint density at radius 1 is 1.07 bits per heavy atom. The van der Waals surface area contributed by atoms with Gasteiger partial charge in [-0.2, -0.15) is 0 Å². The highest BCUT2D eigenvalue weighted by Crippen LogP contribution is 2.27. The number of ether oxygens (including phenoxy) is 1. The molecule has 1 amide bonds. The first kappa shape index (κ1) is 19.5. The number of nitrogens with zero attached hydrogens (tertiary/aromatic N) is 3. The largest absolute Gasteiger partial charge is 0.497 e. The van der Waals surface area contributed by atoms with Crippen LogP contribution in [0, 0.1) is 0 Å². The number of rotatable bonds is 6. The Kier molecular flexibility index (Phi) is 4.90. The molecule has 0 fully saturated rings. The summed E-state index contributed by atoms with van der Waals surface area (Å²) in [5, 5.41) is 0. The van der Waals surface area contributed by atoms with Crippen molar-refractivity contribution in [2.24, 2.45) is 19.8 Å². The molecule has 0 radical (unpaired) electrons. The van der Waals surface area contributed by atoms with Gasteiger partial charge in [-0.15, -0.1) is 0 Å². The van der Waals surface area contributed by atoms with Crippen molar-refractivity contribution in [2.75, 3.05) is 18.0 Å². The quantitative estimate of drug-likeness (QED) is 0.645. The first-order valence-electron chi connectivity index (χ1n) is 8.27. The van der Waals surface area contributed by atoms with E-state index in [0.717, 1.165) is 4.31 Å². The summed E-state index contributed by atoms with van der Waals surface area (Å²) in [7, 11) is 0.547. The van der Waals surface area contributed by atoms with Crippen LogP contribution in [0.1, 0.15) is 0 Å². The third-order valence-corrected chi connectivity index (χ3v) is 6.26. The van der Waals surface area contributed by atoms with Crippen molar-refractivity contribution in [2.45, 2.75) is 4.90 Å². The average molecular weight is 404 g/mol. The summed E-state index contributed by atoms with van der Waals surface area (Å²) in [6.07, 6.45) is 0. The summed E-state index contributed by atoms with van der Waals surface area (Å²) >= 11 is 0. The van der Waals surface area contributed by atoms with Crippen LogP contribution in [0.3, 0.4) is 0 Å². The first-order valence-corrected chi connectivity index (χ1v) is 9.71. The molecule has 28 heavy (non-hydrogen) atoms. The molecule has 0 bridgehead atoms. The number of nitrogens with two attached hydrogens (primary N) is 1. The van der Waals surface area contributed by atoms with Gasteiger partial charge in [0, 0.05) is 14.1 Å². The monoisotopic (exact) mass is 404 g/mol. The minimum atomic E-state index is -4.11. The molecule has 3 rings (SSSR count). The van der Waals surface area contributed by atoms with Crippen molar-refractivity contribution in [3.63, 3.8) is 0 Å². The zero-order valence-electron chi connectivity index (χ0n) is 15.6. The molecule has 9 nitrogen and oxygen atoms in total. The van der Waals surface area contributed by atoms with Gasteiger partial charge in [-0.25, -0.2) is 13.2 Å². The molecular formula is C18H20N4O5S. The highest BCUT2D eigenvalue weighted by Gasteiger charge is 2.27. The summed E-state index contributed by atoms with van der Waals surface area (Å²) in [6.45, 7) is -0.527. The smallest absolute Gasteiger partial charge is 0.328 e. The second-order valence-electron chi connectivity index (χ2n) is 6.23. The van der Waals surface area contributed by atoms with Crippen LogP contribution in [-0.2, 0) is 28.9 Å². The van der Waals surface area contributed by atoms with Gasteiger partial charge in [-0.3, -0.25) is 18.2 Å². The molecule has 1 heterocycles. The Labute approximate surface area is 161 Å². The molecule has 0 aliphatic rings. The van der Waals surface area contributed by atoms with Crippen LogP contribution in [0.4, 0.5) is 5.69 Å². The number of primary amides is 1. The van der Waals surface area contributed by atoms with Crippen LogP contribution < -0.4 is 20.5 Å². The first-order chi connectivity index (χ1) is 13.2. The lowest BCUT2D eigenvalue weighted by molar-refractivity contribution is -0.116. The number of carbonyl (C=O) groups is 1. The van der Waals surface area contributed by atoms with Gasteiger partial charge in [0.15, 0.2) is 0 Å². The Hall–Kier alpha value is -3.27. The van der Waals surface area contributed by atoms with Crippen LogP contribution in [0.2, 0.25) is 0 Å². The van der Waals surface area contributed by atoms with E-state index >= 15 is 0 Å². The van der Waals surface area contributed by atoms with Gasteiger partial charge < -0.3 is 10.5 Å². The van der Waals surface area contributed by atoms with Crippen LogP contribution in [0.5, 0.6) is 5.75 Å². The lowest BCUT2D eigenvalue weighted by atomic mass is 10.3. The SMILES string of the molecule is COc1ccc(N(CC(N)=O)S(=O)(=O)c2ccc3c(c2)n(C)c(=O)n3C)cc1. The topological polar surface area (TPSA) is 117 Å². The minimum Gasteiger partial charge on any atom is -0.497 e. The highest BCUT2D eigenvalue weighted by atomic mass is 32.2. The van der Waals surface area contributed by atoms with E-state index in [1.54, 1.807) is 32.3 Å². The normalized spacial score (nSPS) is 11.5. The highest BCUT2D eigenvalue weighted by molar-refractivity contribution is 7.92. The molecule has 0 spiro atoms. The Bertz CT molecular complexity index is 1210. The van der Waals surface area contributed by atoms with E-state index in [4.69, 9.17) is 10.5 Å². The average Bonchev–Trinajstić information content (AvgIpc) is 2.90. The number of carbonyl (C=O) groups excluding carboxylic acids is 1. The van der Waals surface area contributed by atoms with E-state index in [0.29, 0.717) is 16.8 Å². The van der Waals surface area contributed by atoms with Crippen molar-refractivity contribution in [3.05, 3.63) is 52.9 Å². The van der Waals surface area contributed by atoms with Gasteiger partial charge in [-0.05, 0) is 42.5 Å². The number of aryl methyl sites for hydroxylation is 2. The number of hydrogen-bond donors (Lipinski definition) is 1. The molecule has 1 aromatic heterocycles. The zero-order valence-corrected chi connectivity index (χ0v) is 16.4. The predicted molar refractivity (Wildman–Crippen MR) is 105 cm³/mol. The molecule has 0 atom stereocenters. The minimum absolute atomic E-state index is 0.0572. The van der Waals surface area contributed by atoms with Crippen molar-refractivity contribution in [3.8, 4) is 5.75 Å². The second-order valence-corrected chi connectivity index (χ2v) is 8.09. The second kappa shape index (κ2) is 7.04. The fourth-order valence-electron chi connectivity index (χ4n) is 2.98. The Balaban J connectivity index is 2.15. The number of amides is 1. The molecule has 0 aliphatic carbocycles. The number of hydrogen-bond acceptors (Lipinski definition) is 5. The fraction of sp³-hybridized carbons (Fsp3) is 0.222. The number of methoxy groups -OCH3 is 1. The van der Waals surface area contributed by atoms with E-state index in [9.17, 15) is 18.0 Å². The number of benzene rings is 2. The number of aromatic nitrogens is 2. The summed E-state index contributed by atoms with van der Waals surface area (Å²) in [5.41, 5.74) is 6.33. The van der Waals surface area contributed by atoms with Gasteiger partial charge in [-0.1, -0.05) is 0 Å². The molecule has 0 unspecified atom stereocenters. The maximum atomic E-state index is 13.3. The summed E-state index contributed by atoms with van der Waals surface area (Å²) in [4.78, 5) is 23.6. The summed E-state index contributed by atoms with van der Waals surface area (Å²) in [6, 6.07) is 10.6. The Morgan fingerprint density at radius 2 is 1.68 bits per heavy atom. The van der Waals surface area contributed by atoms with Gasteiger partial charge in [0.05, 0.1) is 28.7 Å². The van der Waals surface area contributed by atoms with Crippen molar-refractivity contribution < 1.29 is 17.9 Å². The van der Waals surface area contributed by atoms with E-state index in [-0.39, 0.29) is 16.3 Å². The number of fused-ring (bicyclic) bond motifs is 1. The lowest BCUT2D eigenvalue weighted by Crippen LogP contribution is -2.38. The van der Waals surface area contributed by atoms with Crippen LogP contribution in [0.15, 0.2) is 52.2 Å². The summed E-state index contributed by atoms with van der Waals surface area (Å²) < 4.78 is 35.3. The third kappa shape index (κ3) is 3.22. The van der Waals surface area contributed by atoms with Gasteiger partial charge in [0.1, 0.15) is 12.3 Å². The van der Waals surface area contributed by atoms with Crippen molar-refractivity contribution in [1.29, 1.82) is 0 Å². The summed E-state index contributed by atoms with van der Waals surface area (Å²) in [5.74, 6) is -0.256. The molecule has 3 aromatic rings. The maximum absolute atomic E-state index is 13.3. The maximum Gasteiger partial charge on any atom is 0.328 e. The fourth-order valence-corrected chi connectivity index (χ4v) is 4.43. The molecule has 2 N–H and O–H groups in total. The lowest BCUT2D eigenvalue weighted by Gasteiger charge is -2.23. The zero-order chi connectivity index (χ0) is 20.6. The van der Waals surface area contributed by atoms with Gasteiger partial charge >= 0.3 is 5.69 Å². The van der Waals surface area contributed by atoms with E-state index in [1.165, 1.54) is 40.5 Å². The molecule has 10 heteroatoms. The molecule has 0 saturated heterocycles. The molecule has 0 aliphatic heterocycles. The predicted octanol–water partition coefficient (Wildman–Crippen LogP) is 0.566. The van der Waals surface area contributed by atoms with Crippen molar-refractivity contribution in [1.82, 2.24) is 9.13 Å². The van der Waals surface area contributed by atoms with Crippen molar-refractivity contribution >= 4 is 32.7 Å². The molecular weight excluding hydrogens is 384 g/mol. The Morgan fingerprint density at radius 3 is 2.25 bits per heavy atom. The van der Waals surface area contributed by atoms with E-state index in [1.807, 2.05) is 0 Å². The number of anilines is 1. The molecule has 148 valence electrons. The van der Waals surface area contributed by atoms with E-state index in [2.05, 4.69) is 0 Å².